The summed E-state index contributed by atoms with van der Waals surface area (Å²) in [6.45, 7) is 3.63. The number of carbonyl (C=O) groups is 2. The van der Waals surface area contributed by atoms with Gasteiger partial charge in [0.05, 0.1) is 6.42 Å². The van der Waals surface area contributed by atoms with Crippen molar-refractivity contribution in [3.05, 3.63) is 65.2 Å². The molecule has 0 aliphatic rings. The molecule has 0 spiro atoms. The largest absolute Gasteiger partial charge is 0.455 e. The molecule has 1 N–H and O–H groups in total. The van der Waals surface area contributed by atoms with Gasteiger partial charge in [0.2, 0.25) is 0 Å². The van der Waals surface area contributed by atoms with Gasteiger partial charge in [0.1, 0.15) is 0 Å². The fourth-order valence-corrected chi connectivity index (χ4v) is 1.99. The highest BCUT2D eigenvalue weighted by atomic mass is 16.5. The number of hydrogen-bond donors (Lipinski definition) is 1. The summed E-state index contributed by atoms with van der Waals surface area (Å²) in [5, 5.41) is 2.68. The summed E-state index contributed by atoms with van der Waals surface area (Å²) in [5.74, 6) is -0.754. The Morgan fingerprint density at radius 3 is 2.36 bits per heavy atom. The number of aryl methyl sites for hydroxylation is 2. The molecule has 2 aromatic carbocycles. The van der Waals surface area contributed by atoms with Crippen LogP contribution in [0.4, 0.5) is 5.69 Å². The van der Waals surface area contributed by atoms with Crippen molar-refractivity contribution in [1.29, 1.82) is 0 Å². The van der Waals surface area contributed by atoms with Crippen LogP contribution in [0.25, 0.3) is 0 Å². The Hall–Kier alpha value is -2.62. The summed E-state index contributed by atoms with van der Waals surface area (Å²) in [6.07, 6.45) is 0.171. The maximum atomic E-state index is 11.8. The maximum Gasteiger partial charge on any atom is 0.310 e. The minimum Gasteiger partial charge on any atom is -0.455 e. The first-order valence-electron chi connectivity index (χ1n) is 7.11. The monoisotopic (exact) mass is 297 g/mol. The van der Waals surface area contributed by atoms with E-state index in [1.807, 2.05) is 62.4 Å². The number of amides is 1. The molecule has 4 heteroatoms. The SMILES string of the molecule is Cc1ccc(NC(=O)COC(=O)Cc2ccccc2C)cc1. The topological polar surface area (TPSA) is 55.4 Å². The van der Waals surface area contributed by atoms with Crippen molar-refractivity contribution in [2.24, 2.45) is 0 Å². The molecule has 0 saturated heterocycles. The lowest BCUT2D eigenvalue weighted by molar-refractivity contribution is -0.146. The third-order valence-corrected chi connectivity index (χ3v) is 3.30. The first-order valence-corrected chi connectivity index (χ1v) is 7.11. The molecule has 0 saturated carbocycles. The third-order valence-electron chi connectivity index (χ3n) is 3.30. The molecule has 0 aliphatic carbocycles. The van der Waals surface area contributed by atoms with Crippen LogP contribution < -0.4 is 5.32 Å². The average molecular weight is 297 g/mol. The lowest BCUT2D eigenvalue weighted by atomic mass is 10.1. The highest BCUT2D eigenvalue weighted by molar-refractivity contribution is 5.92. The number of nitrogens with one attached hydrogen (secondary N) is 1. The predicted molar refractivity (Wildman–Crippen MR) is 85.7 cm³/mol. The zero-order valence-electron chi connectivity index (χ0n) is 12.8. The summed E-state index contributed by atoms with van der Waals surface area (Å²) < 4.78 is 5.01. The molecule has 0 aliphatic heterocycles. The summed E-state index contributed by atoms with van der Waals surface area (Å²) >= 11 is 0. The molecule has 0 bridgehead atoms. The zero-order valence-corrected chi connectivity index (χ0v) is 12.8. The number of anilines is 1. The van der Waals surface area contributed by atoms with Crippen LogP contribution in [0.5, 0.6) is 0 Å². The second kappa shape index (κ2) is 7.41. The van der Waals surface area contributed by atoms with Crippen molar-refractivity contribution >= 4 is 17.6 Å². The molecule has 114 valence electrons. The first-order chi connectivity index (χ1) is 10.5. The van der Waals surface area contributed by atoms with Gasteiger partial charge < -0.3 is 10.1 Å². The van der Waals surface area contributed by atoms with Gasteiger partial charge in [0, 0.05) is 5.69 Å². The second-order valence-corrected chi connectivity index (χ2v) is 5.18. The minimum absolute atomic E-state index is 0.171. The van der Waals surface area contributed by atoms with E-state index in [2.05, 4.69) is 5.32 Å². The first kappa shape index (κ1) is 15.8. The van der Waals surface area contributed by atoms with E-state index in [0.29, 0.717) is 5.69 Å². The molecule has 0 aromatic heterocycles. The van der Waals surface area contributed by atoms with Crippen LogP contribution in [0.1, 0.15) is 16.7 Å². The second-order valence-electron chi connectivity index (χ2n) is 5.18. The van der Waals surface area contributed by atoms with Gasteiger partial charge in [-0.3, -0.25) is 9.59 Å². The van der Waals surface area contributed by atoms with Gasteiger partial charge in [-0.15, -0.1) is 0 Å². The van der Waals surface area contributed by atoms with Crippen LogP contribution in [0.15, 0.2) is 48.5 Å². The standard InChI is InChI=1S/C18H19NO3/c1-13-7-9-16(10-8-13)19-17(20)12-22-18(21)11-15-6-4-3-5-14(15)2/h3-10H,11-12H2,1-2H3,(H,19,20). The maximum absolute atomic E-state index is 11.8. The number of carbonyl (C=O) groups excluding carboxylic acids is 2. The van der Waals surface area contributed by atoms with E-state index in [1.165, 1.54) is 0 Å². The summed E-state index contributed by atoms with van der Waals surface area (Å²) in [6, 6.07) is 15.0. The number of hydrogen-bond acceptors (Lipinski definition) is 3. The van der Waals surface area contributed by atoms with Crippen LogP contribution in [0, 0.1) is 13.8 Å². The molecular weight excluding hydrogens is 278 g/mol. The Kier molecular flexibility index (Phi) is 5.31. The smallest absolute Gasteiger partial charge is 0.310 e. The lowest BCUT2D eigenvalue weighted by Gasteiger charge is -2.08. The van der Waals surface area contributed by atoms with Gasteiger partial charge in [-0.1, -0.05) is 42.0 Å². The number of esters is 1. The van der Waals surface area contributed by atoms with Crippen molar-refractivity contribution in [3.63, 3.8) is 0 Å². The van der Waals surface area contributed by atoms with E-state index >= 15 is 0 Å². The van der Waals surface area contributed by atoms with E-state index in [4.69, 9.17) is 4.74 Å². The molecule has 0 unspecified atom stereocenters. The average Bonchev–Trinajstić information content (AvgIpc) is 2.50. The molecule has 22 heavy (non-hydrogen) atoms. The van der Waals surface area contributed by atoms with Gasteiger partial charge in [-0.25, -0.2) is 0 Å². The number of rotatable bonds is 5. The van der Waals surface area contributed by atoms with E-state index in [-0.39, 0.29) is 18.9 Å². The summed E-state index contributed by atoms with van der Waals surface area (Å²) in [7, 11) is 0. The van der Waals surface area contributed by atoms with Crippen LogP contribution in [-0.2, 0) is 20.7 Å². The fraction of sp³-hybridized carbons (Fsp3) is 0.222. The van der Waals surface area contributed by atoms with Crippen molar-refractivity contribution in [2.45, 2.75) is 20.3 Å². The third kappa shape index (κ3) is 4.74. The van der Waals surface area contributed by atoms with Gasteiger partial charge in [-0.05, 0) is 37.1 Å². The van der Waals surface area contributed by atoms with Gasteiger partial charge in [0.25, 0.3) is 5.91 Å². The Balaban J connectivity index is 1.79. The van der Waals surface area contributed by atoms with Crippen molar-refractivity contribution in [2.75, 3.05) is 11.9 Å². The quantitative estimate of drug-likeness (QED) is 0.863. The van der Waals surface area contributed by atoms with Gasteiger partial charge in [0.15, 0.2) is 6.61 Å². The lowest BCUT2D eigenvalue weighted by Crippen LogP contribution is -2.21. The molecule has 0 heterocycles. The Morgan fingerprint density at radius 1 is 1.00 bits per heavy atom. The van der Waals surface area contributed by atoms with Crippen LogP contribution in [0.3, 0.4) is 0 Å². The summed E-state index contributed by atoms with van der Waals surface area (Å²) in [4.78, 5) is 23.5. The van der Waals surface area contributed by atoms with Gasteiger partial charge >= 0.3 is 5.97 Å². The van der Waals surface area contributed by atoms with Crippen molar-refractivity contribution < 1.29 is 14.3 Å². The molecule has 0 radical (unpaired) electrons. The summed E-state index contributed by atoms with van der Waals surface area (Å²) in [5.41, 5.74) is 3.74. The van der Waals surface area contributed by atoms with Crippen molar-refractivity contribution in [3.8, 4) is 0 Å². The molecule has 0 fully saturated rings. The molecule has 1 amide bonds. The molecule has 0 atom stereocenters. The molecule has 2 aromatic rings. The van der Waals surface area contributed by atoms with E-state index in [9.17, 15) is 9.59 Å². The van der Waals surface area contributed by atoms with E-state index < -0.39 is 5.97 Å². The normalized spacial score (nSPS) is 10.1. The molecular formula is C18H19NO3. The highest BCUT2D eigenvalue weighted by Gasteiger charge is 2.10. The molecule has 2 rings (SSSR count). The predicted octanol–water partition coefficient (Wildman–Crippen LogP) is 3.03. The minimum atomic E-state index is -0.409. The highest BCUT2D eigenvalue weighted by Crippen LogP contribution is 2.09. The van der Waals surface area contributed by atoms with E-state index in [0.717, 1.165) is 16.7 Å². The van der Waals surface area contributed by atoms with Crippen LogP contribution in [0.2, 0.25) is 0 Å². The van der Waals surface area contributed by atoms with Crippen molar-refractivity contribution in [1.82, 2.24) is 0 Å². The molecule has 4 nitrogen and oxygen atoms in total. The Morgan fingerprint density at radius 2 is 1.68 bits per heavy atom. The number of ether oxygens (including phenoxy) is 1. The fourth-order valence-electron chi connectivity index (χ4n) is 1.99. The Bertz CT molecular complexity index is 662. The zero-order chi connectivity index (χ0) is 15.9. The number of benzene rings is 2. The van der Waals surface area contributed by atoms with Crippen LogP contribution >= 0.6 is 0 Å². The van der Waals surface area contributed by atoms with E-state index in [1.54, 1.807) is 0 Å². The Labute approximate surface area is 130 Å². The van der Waals surface area contributed by atoms with Crippen LogP contribution in [-0.4, -0.2) is 18.5 Å². The van der Waals surface area contributed by atoms with Gasteiger partial charge in [-0.2, -0.15) is 0 Å².